The zero-order valence-corrected chi connectivity index (χ0v) is 14.8. The Labute approximate surface area is 147 Å². The standard InChI is InChI=1S/C18H21FN2O3S/c1-25(23,24)21(17-10-6-5-9-16(17)19)14-13-20-18(22)12-11-15-7-3-2-4-8-15/h2-10H,11-14H2,1H3,(H,20,22). The third-order valence-corrected chi connectivity index (χ3v) is 4.82. The summed E-state index contributed by atoms with van der Waals surface area (Å²) < 4.78 is 38.7. The summed E-state index contributed by atoms with van der Waals surface area (Å²) in [7, 11) is -3.65. The zero-order chi connectivity index (χ0) is 18.3. The van der Waals surface area contributed by atoms with Gasteiger partial charge in [0.1, 0.15) is 5.82 Å². The highest BCUT2D eigenvalue weighted by Gasteiger charge is 2.20. The van der Waals surface area contributed by atoms with Gasteiger partial charge in [-0.3, -0.25) is 9.10 Å². The number of sulfonamides is 1. The second kappa shape index (κ2) is 8.62. The topological polar surface area (TPSA) is 66.5 Å². The summed E-state index contributed by atoms with van der Waals surface area (Å²) in [5, 5.41) is 2.68. The molecule has 0 atom stereocenters. The first-order valence-electron chi connectivity index (χ1n) is 7.91. The molecule has 0 saturated carbocycles. The highest BCUT2D eigenvalue weighted by Crippen LogP contribution is 2.20. The number of benzene rings is 2. The van der Waals surface area contributed by atoms with Crippen molar-refractivity contribution in [1.29, 1.82) is 0 Å². The van der Waals surface area contributed by atoms with E-state index in [1.54, 1.807) is 6.07 Å². The van der Waals surface area contributed by atoms with Crippen molar-refractivity contribution in [2.45, 2.75) is 12.8 Å². The fraction of sp³-hybridized carbons (Fsp3) is 0.278. The number of nitrogens with one attached hydrogen (secondary N) is 1. The van der Waals surface area contributed by atoms with Crippen LogP contribution in [0.1, 0.15) is 12.0 Å². The van der Waals surface area contributed by atoms with Crippen molar-refractivity contribution in [3.8, 4) is 0 Å². The molecule has 0 fully saturated rings. The maximum Gasteiger partial charge on any atom is 0.232 e. The molecule has 0 heterocycles. The number of para-hydroxylation sites is 1. The van der Waals surface area contributed by atoms with E-state index in [-0.39, 0.29) is 24.7 Å². The number of anilines is 1. The first-order chi connectivity index (χ1) is 11.9. The summed E-state index contributed by atoms with van der Waals surface area (Å²) >= 11 is 0. The second-order valence-corrected chi connectivity index (χ2v) is 7.53. The van der Waals surface area contributed by atoms with Crippen LogP contribution in [0.5, 0.6) is 0 Å². The van der Waals surface area contributed by atoms with E-state index in [0.717, 1.165) is 16.1 Å². The predicted molar refractivity (Wildman–Crippen MR) is 96.4 cm³/mol. The molecule has 2 aromatic carbocycles. The Morgan fingerprint density at radius 1 is 1.08 bits per heavy atom. The molecular formula is C18H21FN2O3S. The fourth-order valence-corrected chi connectivity index (χ4v) is 3.34. The number of hydrogen-bond donors (Lipinski definition) is 1. The lowest BCUT2D eigenvalue weighted by atomic mass is 10.1. The maximum atomic E-state index is 13.9. The normalized spacial score (nSPS) is 11.1. The third kappa shape index (κ3) is 5.86. The van der Waals surface area contributed by atoms with Gasteiger partial charge in [0.25, 0.3) is 0 Å². The maximum absolute atomic E-state index is 13.9. The van der Waals surface area contributed by atoms with Crippen molar-refractivity contribution in [3.05, 3.63) is 66.0 Å². The summed E-state index contributed by atoms with van der Waals surface area (Å²) in [5.41, 5.74) is 1.03. The first-order valence-corrected chi connectivity index (χ1v) is 9.75. The smallest absolute Gasteiger partial charge is 0.232 e. The van der Waals surface area contributed by atoms with Crippen LogP contribution < -0.4 is 9.62 Å². The van der Waals surface area contributed by atoms with Gasteiger partial charge in [-0.1, -0.05) is 42.5 Å². The molecule has 1 N–H and O–H groups in total. The Morgan fingerprint density at radius 3 is 2.36 bits per heavy atom. The molecule has 2 aromatic rings. The molecule has 0 radical (unpaired) electrons. The van der Waals surface area contributed by atoms with Crippen LogP contribution in [0.2, 0.25) is 0 Å². The van der Waals surface area contributed by atoms with Gasteiger partial charge < -0.3 is 5.32 Å². The molecule has 0 saturated heterocycles. The van der Waals surface area contributed by atoms with Gasteiger partial charge in [-0.25, -0.2) is 12.8 Å². The molecule has 0 aliphatic heterocycles. The van der Waals surface area contributed by atoms with E-state index in [9.17, 15) is 17.6 Å². The molecule has 0 aliphatic rings. The summed E-state index contributed by atoms with van der Waals surface area (Å²) in [4.78, 5) is 11.9. The van der Waals surface area contributed by atoms with Crippen LogP contribution >= 0.6 is 0 Å². The fourth-order valence-electron chi connectivity index (χ4n) is 2.41. The molecule has 134 valence electrons. The van der Waals surface area contributed by atoms with Crippen LogP contribution in [-0.2, 0) is 21.2 Å². The van der Waals surface area contributed by atoms with Gasteiger partial charge in [0.05, 0.1) is 18.5 Å². The molecule has 7 heteroatoms. The lowest BCUT2D eigenvalue weighted by Crippen LogP contribution is -2.38. The molecule has 0 aliphatic carbocycles. The van der Waals surface area contributed by atoms with E-state index < -0.39 is 15.8 Å². The number of carbonyl (C=O) groups excluding carboxylic acids is 1. The van der Waals surface area contributed by atoms with Gasteiger partial charge in [-0.05, 0) is 24.1 Å². The van der Waals surface area contributed by atoms with Crippen LogP contribution in [0.25, 0.3) is 0 Å². The van der Waals surface area contributed by atoms with E-state index in [4.69, 9.17) is 0 Å². The Hall–Kier alpha value is -2.41. The number of aryl methyl sites for hydroxylation is 1. The van der Waals surface area contributed by atoms with Crippen LogP contribution in [0, 0.1) is 5.82 Å². The summed E-state index contributed by atoms with van der Waals surface area (Å²) in [6.45, 7) is 0.0753. The number of rotatable bonds is 8. The van der Waals surface area contributed by atoms with Crippen molar-refractivity contribution >= 4 is 21.6 Å². The van der Waals surface area contributed by atoms with Crippen molar-refractivity contribution < 1.29 is 17.6 Å². The van der Waals surface area contributed by atoms with Gasteiger partial charge >= 0.3 is 0 Å². The van der Waals surface area contributed by atoms with Gasteiger partial charge in [-0.15, -0.1) is 0 Å². The molecule has 2 rings (SSSR count). The molecule has 25 heavy (non-hydrogen) atoms. The van der Waals surface area contributed by atoms with Gasteiger partial charge in [-0.2, -0.15) is 0 Å². The van der Waals surface area contributed by atoms with E-state index in [2.05, 4.69) is 5.32 Å². The molecule has 1 amide bonds. The number of amides is 1. The minimum atomic E-state index is -3.65. The number of halogens is 1. The minimum Gasteiger partial charge on any atom is -0.354 e. The van der Waals surface area contributed by atoms with Crippen molar-refractivity contribution in [3.63, 3.8) is 0 Å². The number of carbonyl (C=O) groups is 1. The Balaban J connectivity index is 1.89. The van der Waals surface area contributed by atoms with Crippen molar-refractivity contribution in [1.82, 2.24) is 5.32 Å². The molecule has 5 nitrogen and oxygen atoms in total. The Kier molecular flexibility index (Phi) is 6.52. The largest absolute Gasteiger partial charge is 0.354 e. The average molecular weight is 364 g/mol. The number of nitrogens with zero attached hydrogens (tertiary/aromatic N) is 1. The lowest BCUT2D eigenvalue weighted by Gasteiger charge is -2.23. The second-order valence-electron chi connectivity index (χ2n) is 5.62. The SMILES string of the molecule is CS(=O)(=O)N(CCNC(=O)CCc1ccccc1)c1ccccc1F. The highest BCUT2D eigenvalue weighted by molar-refractivity contribution is 7.92. The number of hydrogen-bond acceptors (Lipinski definition) is 3. The molecule has 0 spiro atoms. The van der Waals surface area contributed by atoms with E-state index in [0.29, 0.717) is 12.8 Å². The monoisotopic (exact) mass is 364 g/mol. The molecule has 0 aromatic heterocycles. The van der Waals surface area contributed by atoms with Crippen LogP contribution in [0.15, 0.2) is 54.6 Å². The zero-order valence-electron chi connectivity index (χ0n) is 14.0. The lowest BCUT2D eigenvalue weighted by molar-refractivity contribution is -0.120. The van der Waals surface area contributed by atoms with Gasteiger partial charge in [0.15, 0.2) is 0 Å². The molecule has 0 unspecified atom stereocenters. The van der Waals surface area contributed by atoms with Gasteiger partial charge in [0, 0.05) is 13.0 Å². The average Bonchev–Trinajstić information content (AvgIpc) is 2.58. The Bertz CT molecular complexity index is 810. The minimum absolute atomic E-state index is 0.0245. The van der Waals surface area contributed by atoms with Crippen molar-refractivity contribution in [2.75, 3.05) is 23.7 Å². The molecular weight excluding hydrogens is 343 g/mol. The van der Waals surface area contributed by atoms with Crippen LogP contribution in [0.3, 0.4) is 0 Å². The quantitative estimate of drug-likeness (QED) is 0.782. The Morgan fingerprint density at radius 2 is 1.72 bits per heavy atom. The van der Waals surface area contributed by atoms with Crippen molar-refractivity contribution in [2.24, 2.45) is 0 Å². The highest BCUT2D eigenvalue weighted by atomic mass is 32.2. The van der Waals surface area contributed by atoms with Crippen LogP contribution in [-0.4, -0.2) is 33.7 Å². The van der Waals surface area contributed by atoms with Crippen LogP contribution in [0.4, 0.5) is 10.1 Å². The third-order valence-electron chi connectivity index (χ3n) is 3.64. The summed E-state index contributed by atoms with van der Waals surface area (Å²) in [6, 6.07) is 15.3. The van der Waals surface area contributed by atoms with E-state index >= 15 is 0 Å². The predicted octanol–water partition coefficient (Wildman–Crippen LogP) is 2.34. The van der Waals surface area contributed by atoms with E-state index in [1.165, 1.54) is 18.2 Å². The molecule has 0 bridgehead atoms. The summed E-state index contributed by atoms with van der Waals surface area (Å²) in [5.74, 6) is -0.797. The van der Waals surface area contributed by atoms with E-state index in [1.807, 2.05) is 30.3 Å². The first kappa shape index (κ1) is 18.9. The summed E-state index contributed by atoms with van der Waals surface area (Å²) in [6.07, 6.45) is 1.93. The van der Waals surface area contributed by atoms with Gasteiger partial charge in [0.2, 0.25) is 15.9 Å².